The summed E-state index contributed by atoms with van der Waals surface area (Å²) in [5, 5.41) is 5.26. The van der Waals surface area contributed by atoms with Crippen molar-refractivity contribution in [1.29, 1.82) is 0 Å². The molecule has 1 aliphatic heterocycles. The van der Waals surface area contributed by atoms with Gasteiger partial charge in [0, 0.05) is 17.0 Å². The van der Waals surface area contributed by atoms with E-state index in [0.29, 0.717) is 12.1 Å². The summed E-state index contributed by atoms with van der Waals surface area (Å²) in [5.74, 6) is 1.56. The number of benzene rings is 1. The number of nitrogens with one attached hydrogen (secondary N) is 1. The molecule has 0 spiro atoms. The third kappa shape index (κ3) is 6.23. The zero-order valence-electron chi connectivity index (χ0n) is 16.9. The van der Waals surface area contributed by atoms with Gasteiger partial charge in [-0.2, -0.15) is 0 Å². The third-order valence-corrected chi connectivity index (χ3v) is 6.05. The van der Waals surface area contributed by atoms with Crippen molar-refractivity contribution in [1.82, 2.24) is 10.2 Å². The summed E-state index contributed by atoms with van der Waals surface area (Å²) in [6.45, 7) is 9.14. The molecule has 3 rings (SSSR count). The molecule has 1 amide bonds. The molecular weight excluding hydrogens is 392 g/mol. The van der Waals surface area contributed by atoms with E-state index >= 15 is 0 Å². The van der Waals surface area contributed by atoms with Gasteiger partial charge >= 0.3 is 0 Å². The molecule has 1 unspecified atom stereocenters. The predicted molar refractivity (Wildman–Crippen MR) is 119 cm³/mol. The Morgan fingerprint density at radius 2 is 1.89 bits per heavy atom. The van der Waals surface area contributed by atoms with E-state index in [-0.39, 0.29) is 30.5 Å². The quantitative estimate of drug-likeness (QED) is 0.670. The normalized spacial score (nSPS) is 16.4. The summed E-state index contributed by atoms with van der Waals surface area (Å²) in [4.78, 5) is 16.5. The van der Waals surface area contributed by atoms with Gasteiger partial charge in [-0.05, 0) is 81.4 Å². The van der Waals surface area contributed by atoms with Crippen LogP contribution in [0.2, 0.25) is 0 Å². The molecule has 154 valence electrons. The van der Waals surface area contributed by atoms with Crippen LogP contribution in [-0.4, -0.2) is 36.5 Å². The van der Waals surface area contributed by atoms with Gasteiger partial charge in [-0.15, -0.1) is 23.7 Å². The van der Waals surface area contributed by atoms with Gasteiger partial charge in [0.05, 0.1) is 12.1 Å². The number of ether oxygens (including phenoxy) is 1. The standard InChI is InChI=1S/C22H30N2O2S.ClH/c1-16(2)26-19-8-6-18(7-9-19)22(25)23-15-20(21-5-4-14-27-21)24-12-10-17(3)11-13-24;/h4-9,14,16-17,20H,10-13,15H2,1-3H3,(H,23,25);1H. The first-order valence-electron chi connectivity index (χ1n) is 9.85. The molecule has 1 saturated heterocycles. The highest BCUT2D eigenvalue weighted by Gasteiger charge is 2.25. The molecule has 1 N–H and O–H groups in total. The summed E-state index contributed by atoms with van der Waals surface area (Å²) in [5.41, 5.74) is 0.670. The molecule has 28 heavy (non-hydrogen) atoms. The number of halogens is 1. The molecule has 2 aromatic rings. The first kappa shape index (κ1) is 22.7. The number of nitrogens with zero attached hydrogens (tertiary/aromatic N) is 1. The number of amides is 1. The van der Waals surface area contributed by atoms with Crippen molar-refractivity contribution in [3.63, 3.8) is 0 Å². The van der Waals surface area contributed by atoms with Crippen LogP contribution in [0.1, 0.15) is 54.9 Å². The molecule has 6 heteroatoms. The number of likely N-dealkylation sites (tertiary alicyclic amines) is 1. The lowest BCUT2D eigenvalue weighted by molar-refractivity contribution is 0.0915. The van der Waals surface area contributed by atoms with Gasteiger partial charge in [-0.1, -0.05) is 13.0 Å². The number of hydrogen-bond donors (Lipinski definition) is 1. The molecule has 1 aromatic heterocycles. The molecule has 4 nitrogen and oxygen atoms in total. The second kappa shape index (κ2) is 10.8. The van der Waals surface area contributed by atoms with E-state index < -0.39 is 0 Å². The van der Waals surface area contributed by atoms with Gasteiger partial charge in [-0.3, -0.25) is 9.69 Å². The molecule has 1 aliphatic rings. The van der Waals surface area contributed by atoms with Gasteiger partial charge in [-0.25, -0.2) is 0 Å². The highest BCUT2D eigenvalue weighted by atomic mass is 35.5. The fourth-order valence-corrected chi connectivity index (χ4v) is 4.34. The van der Waals surface area contributed by atoms with Crippen LogP contribution in [0, 0.1) is 5.92 Å². The highest BCUT2D eigenvalue weighted by molar-refractivity contribution is 7.10. The molecule has 1 atom stereocenters. The van der Waals surface area contributed by atoms with Gasteiger partial charge in [0.2, 0.25) is 0 Å². The van der Waals surface area contributed by atoms with Crippen LogP contribution in [0.25, 0.3) is 0 Å². The average molecular weight is 423 g/mol. The van der Waals surface area contributed by atoms with E-state index in [0.717, 1.165) is 24.8 Å². The van der Waals surface area contributed by atoms with Crippen LogP contribution < -0.4 is 10.1 Å². The summed E-state index contributed by atoms with van der Waals surface area (Å²) in [6, 6.07) is 11.9. The van der Waals surface area contributed by atoms with Crippen molar-refractivity contribution in [2.45, 2.75) is 45.8 Å². The van der Waals surface area contributed by atoms with E-state index in [1.807, 2.05) is 38.1 Å². The first-order chi connectivity index (χ1) is 13.0. The van der Waals surface area contributed by atoms with Crippen LogP contribution in [-0.2, 0) is 0 Å². The molecule has 0 saturated carbocycles. The lowest BCUT2D eigenvalue weighted by atomic mass is 9.97. The Hall–Kier alpha value is -1.56. The Bertz CT molecular complexity index is 711. The number of carbonyl (C=O) groups is 1. The molecule has 0 bridgehead atoms. The first-order valence-corrected chi connectivity index (χ1v) is 10.7. The summed E-state index contributed by atoms with van der Waals surface area (Å²) in [7, 11) is 0. The molecule has 1 aromatic carbocycles. The number of rotatable bonds is 7. The topological polar surface area (TPSA) is 41.6 Å². The van der Waals surface area contributed by atoms with Crippen molar-refractivity contribution in [2.75, 3.05) is 19.6 Å². The minimum Gasteiger partial charge on any atom is -0.491 e. The monoisotopic (exact) mass is 422 g/mol. The van der Waals surface area contributed by atoms with Gasteiger partial charge in [0.1, 0.15) is 5.75 Å². The fourth-order valence-electron chi connectivity index (χ4n) is 3.48. The number of piperidine rings is 1. The molecule has 0 radical (unpaired) electrons. The summed E-state index contributed by atoms with van der Waals surface area (Å²) < 4.78 is 5.65. The van der Waals surface area contributed by atoms with E-state index in [2.05, 4.69) is 34.7 Å². The zero-order valence-corrected chi connectivity index (χ0v) is 18.5. The minimum absolute atomic E-state index is 0. The SMILES string of the molecule is CC1CCN(C(CNC(=O)c2ccc(OC(C)C)cc2)c2cccs2)CC1.Cl. The Balaban J connectivity index is 0.00000280. The van der Waals surface area contributed by atoms with E-state index in [9.17, 15) is 4.79 Å². The van der Waals surface area contributed by atoms with Crippen LogP contribution in [0.15, 0.2) is 41.8 Å². The molecule has 1 fully saturated rings. The molecular formula is C22H31ClN2O2S. The Morgan fingerprint density at radius 3 is 2.46 bits per heavy atom. The maximum atomic E-state index is 12.6. The van der Waals surface area contributed by atoms with E-state index in [1.165, 1.54) is 17.7 Å². The number of hydrogen-bond acceptors (Lipinski definition) is 4. The Morgan fingerprint density at radius 1 is 1.21 bits per heavy atom. The summed E-state index contributed by atoms with van der Waals surface area (Å²) in [6.07, 6.45) is 2.59. The van der Waals surface area contributed by atoms with E-state index in [4.69, 9.17) is 4.74 Å². The maximum Gasteiger partial charge on any atom is 0.251 e. The lowest BCUT2D eigenvalue weighted by Gasteiger charge is -2.36. The van der Waals surface area contributed by atoms with Crippen molar-refractivity contribution < 1.29 is 9.53 Å². The molecule has 2 heterocycles. The van der Waals surface area contributed by atoms with Crippen molar-refractivity contribution in [3.05, 3.63) is 52.2 Å². The van der Waals surface area contributed by atoms with Crippen LogP contribution in [0.4, 0.5) is 0 Å². The van der Waals surface area contributed by atoms with Crippen LogP contribution in [0.3, 0.4) is 0 Å². The van der Waals surface area contributed by atoms with E-state index in [1.54, 1.807) is 11.3 Å². The van der Waals surface area contributed by atoms with Gasteiger partial charge < -0.3 is 10.1 Å². The Labute approximate surface area is 178 Å². The number of thiophene rings is 1. The third-order valence-electron chi connectivity index (χ3n) is 5.07. The fraction of sp³-hybridized carbons (Fsp3) is 0.500. The van der Waals surface area contributed by atoms with Gasteiger partial charge in [0.15, 0.2) is 0 Å². The second-order valence-corrected chi connectivity index (χ2v) is 8.63. The number of carbonyl (C=O) groups excluding carboxylic acids is 1. The Kier molecular flexibility index (Phi) is 8.80. The predicted octanol–water partition coefficient (Wildman–Crippen LogP) is 5.16. The van der Waals surface area contributed by atoms with Crippen LogP contribution >= 0.6 is 23.7 Å². The molecule has 0 aliphatic carbocycles. The summed E-state index contributed by atoms with van der Waals surface area (Å²) >= 11 is 1.77. The highest BCUT2D eigenvalue weighted by Crippen LogP contribution is 2.29. The largest absolute Gasteiger partial charge is 0.491 e. The maximum absolute atomic E-state index is 12.6. The average Bonchev–Trinajstić information content (AvgIpc) is 3.18. The lowest BCUT2D eigenvalue weighted by Crippen LogP contribution is -2.41. The van der Waals surface area contributed by atoms with Crippen molar-refractivity contribution in [2.24, 2.45) is 5.92 Å². The minimum atomic E-state index is -0.0296. The van der Waals surface area contributed by atoms with Crippen molar-refractivity contribution in [3.8, 4) is 5.75 Å². The van der Waals surface area contributed by atoms with Crippen molar-refractivity contribution >= 4 is 29.7 Å². The smallest absolute Gasteiger partial charge is 0.251 e. The van der Waals surface area contributed by atoms with Gasteiger partial charge in [0.25, 0.3) is 5.91 Å². The zero-order chi connectivity index (χ0) is 19.2. The second-order valence-electron chi connectivity index (χ2n) is 7.65. The van der Waals surface area contributed by atoms with Crippen LogP contribution in [0.5, 0.6) is 5.75 Å².